The first-order valence-electron chi connectivity index (χ1n) is 7.08. The number of carbonyl (C=O) groups excluding carboxylic acids is 1. The molecule has 2 aliphatic heterocycles. The van der Waals surface area contributed by atoms with E-state index in [1.54, 1.807) is 0 Å². The standard InChI is InChI=1S/C14H23NO5/c1-3-4-5-6-7-18-14-11(15-9(2)16)12(17)13-10(20-14)8-19-13/h3,10-14,17H,1,4-8H2,2H3,(H,15,16). The third-order valence-corrected chi connectivity index (χ3v) is 3.58. The normalized spacial score (nSPS) is 35.8. The highest BCUT2D eigenvalue weighted by atomic mass is 16.7. The number of carbonyl (C=O) groups is 1. The van der Waals surface area contributed by atoms with Crippen molar-refractivity contribution in [1.82, 2.24) is 5.32 Å². The van der Waals surface area contributed by atoms with Crippen molar-refractivity contribution in [2.24, 2.45) is 0 Å². The molecule has 2 N–H and O–H groups in total. The number of aliphatic hydroxyl groups is 1. The zero-order valence-corrected chi connectivity index (χ0v) is 11.8. The highest BCUT2D eigenvalue weighted by Crippen LogP contribution is 2.30. The van der Waals surface area contributed by atoms with Crippen LogP contribution in [0.4, 0.5) is 0 Å². The van der Waals surface area contributed by atoms with Crippen molar-refractivity contribution in [3.63, 3.8) is 0 Å². The van der Waals surface area contributed by atoms with Crippen LogP contribution in [-0.2, 0) is 19.0 Å². The predicted octanol–water partition coefficient (Wildman–Crippen LogP) is 0.349. The molecule has 6 nitrogen and oxygen atoms in total. The molecule has 0 bridgehead atoms. The molecule has 0 radical (unpaired) electrons. The topological polar surface area (TPSA) is 77.0 Å². The maximum atomic E-state index is 11.2. The van der Waals surface area contributed by atoms with E-state index in [0.29, 0.717) is 13.2 Å². The molecule has 1 amide bonds. The average Bonchev–Trinajstić information content (AvgIpc) is 2.36. The molecule has 114 valence electrons. The Bertz CT molecular complexity index is 348. The van der Waals surface area contributed by atoms with E-state index < -0.39 is 18.4 Å². The van der Waals surface area contributed by atoms with Crippen molar-refractivity contribution < 1.29 is 24.1 Å². The Morgan fingerprint density at radius 1 is 1.55 bits per heavy atom. The van der Waals surface area contributed by atoms with Crippen LogP contribution in [0, 0.1) is 0 Å². The molecule has 2 heterocycles. The fourth-order valence-electron chi connectivity index (χ4n) is 2.46. The maximum absolute atomic E-state index is 11.2. The van der Waals surface area contributed by atoms with Gasteiger partial charge < -0.3 is 24.6 Å². The van der Waals surface area contributed by atoms with E-state index in [4.69, 9.17) is 14.2 Å². The summed E-state index contributed by atoms with van der Waals surface area (Å²) in [5.41, 5.74) is 0. The van der Waals surface area contributed by atoms with E-state index >= 15 is 0 Å². The van der Waals surface area contributed by atoms with Gasteiger partial charge in [-0.1, -0.05) is 6.08 Å². The van der Waals surface area contributed by atoms with Gasteiger partial charge in [0.25, 0.3) is 0 Å². The van der Waals surface area contributed by atoms with Gasteiger partial charge in [-0.25, -0.2) is 0 Å². The van der Waals surface area contributed by atoms with Gasteiger partial charge in [-0.15, -0.1) is 6.58 Å². The molecule has 5 unspecified atom stereocenters. The molecule has 0 aromatic rings. The Kier molecular flexibility index (Phi) is 5.54. The van der Waals surface area contributed by atoms with Crippen molar-refractivity contribution in [2.75, 3.05) is 13.2 Å². The number of hydrogen-bond acceptors (Lipinski definition) is 5. The zero-order chi connectivity index (χ0) is 14.5. The second kappa shape index (κ2) is 7.17. The van der Waals surface area contributed by atoms with Crippen LogP contribution in [0.25, 0.3) is 0 Å². The van der Waals surface area contributed by atoms with Crippen LogP contribution >= 0.6 is 0 Å². The average molecular weight is 285 g/mol. The van der Waals surface area contributed by atoms with Gasteiger partial charge in [0.1, 0.15) is 24.4 Å². The second-order valence-corrected chi connectivity index (χ2v) is 5.21. The van der Waals surface area contributed by atoms with Crippen molar-refractivity contribution in [1.29, 1.82) is 0 Å². The number of amides is 1. The largest absolute Gasteiger partial charge is 0.388 e. The van der Waals surface area contributed by atoms with E-state index in [1.807, 2.05) is 6.08 Å². The van der Waals surface area contributed by atoms with E-state index in [0.717, 1.165) is 19.3 Å². The minimum atomic E-state index is -0.801. The lowest BCUT2D eigenvalue weighted by molar-refractivity contribution is -0.327. The van der Waals surface area contributed by atoms with Gasteiger partial charge >= 0.3 is 0 Å². The smallest absolute Gasteiger partial charge is 0.217 e. The third kappa shape index (κ3) is 3.58. The van der Waals surface area contributed by atoms with Gasteiger partial charge in [0, 0.05) is 13.5 Å². The fourth-order valence-corrected chi connectivity index (χ4v) is 2.46. The molecule has 0 saturated carbocycles. The van der Waals surface area contributed by atoms with Crippen LogP contribution in [0.1, 0.15) is 26.2 Å². The van der Waals surface area contributed by atoms with Crippen LogP contribution in [0.2, 0.25) is 0 Å². The highest BCUT2D eigenvalue weighted by Gasteiger charge is 2.51. The Labute approximate surface area is 119 Å². The third-order valence-electron chi connectivity index (χ3n) is 3.58. The molecule has 2 rings (SSSR count). The maximum Gasteiger partial charge on any atom is 0.217 e. The summed E-state index contributed by atoms with van der Waals surface area (Å²) >= 11 is 0. The first-order chi connectivity index (χ1) is 9.63. The minimum Gasteiger partial charge on any atom is -0.388 e. The predicted molar refractivity (Wildman–Crippen MR) is 72.0 cm³/mol. The Balaban J connectivity index is 1.85. The Morgan fingerprint density at radius 3 is 2.95 bits per heavy atom. The lowest BCUT2D eigenvalue weighted by atomic mass is 9.93. The lowest BCUT2D eigenvalue weighted by Gasteiger charge is -2.49. The minimum absolute atomic E-state index is 0.145. The molecule has 5 atom stereocenters. The summed E-state index contributed by atoms with van der Waals surface area (Å²) < 4.78 is 16.7. The molecule has 2 saturated heterocycles. The SMILES string of the molecule is C=CCCCCOC1OC2COC2C(O)C1NC(C)=O. The molecule has 20 heavy (non-hydrogen) atoms. The molecule has 0 spiro atoms. The summed E-state index contributed by atoms with van der Waals surface area (Å²) in [6.07, 6.45) is 2.77. The van der Waals surface area contributed by atoms with Crippen molar-refractivity contribution in [2.45, 2.75) is 56.8 Å². The monoisotopic (exact) mass is 285 g/mol. The van der Waals surface area contributed by atoms with Crippen molar-refractivity contribution in [3.8, 4) is 0 Å². The van der Waals surface area contributed by atoms with Crippen molar-refractivity contribution >= 4 is 5.91 Å². The van der Waals surface area contributed by atoms with Gasteiger partial charge in [0.05, 0.1) is 6.61 Å². The number of unbranched alkanes of at least 4 members (excludes halogenated alkanes) is 2. The summed E-state index contributed by atoms with van der Waals surface area (Å²) in [5, 5.41) is 12.9. The van der Waals surface area contributed by atoms with Gasteiger partial charge in [-0.2, -0.15) is 0 Å². The number of ether oxygens (including phenoxy) is 3. The van der Waals surface area contributed by atoms with Gasteiger partial charge in [0.2, 0.25) is 5.91 Å². The van der Waals surface area contributed by atoms with Crippen LogP contribution in [-0.4, -0.2) is 54.9 Å². The first-order valence-corrected chi connectivity index (χ1v) is 7.08. The highest BCUT2D eigenvalue weighted by molar-refractivity contribution is 5.73. The van der Waals surface area contributed by atoms with Gasteiger partial charge in [0.15, 0.2) is 6.29 Å². The Morgan fingerprint density at radius 2 is 2.35 bits per heavy atom. The van der Waals surface area contributed by atoms with Crippen LogP contribution in [0.3, 0.4) is 0 Å². The van der Waals surface area contributed by atoms with Gasteiger partial charge in [-0.05, 0) is 19.3 Å². The number of hydrogen-bond donors (Lipinski definition) is 2. The second-order valence-electron chi connectivity index (χ2n) is 5.21. The molecule has 2 aliphatic rings. The number of aliphatic hydroxyl groups excluding tert-OH is 1. The molecular formula is C14H23NO5. The molecule has 0 aliphatic carbocycles. The number of allylic oxidation sites excluding steroid dienone is 1. The van der Waals surface area contributed by atoms with E-state index in [1.165, 1.54) is 6.92 Å². The summed E-state index contributed by atoms with van der Waals surface area (Å²) in [7, 11) is 0. The number of nitrogens with one attached hydrogen (secondary N) is 1. The zero-order valence-electron chi connectivity index (χ0n) is 11.8. The quantitative estimate of drug-likeness (QED) is 0.521. The van der Waals surface area contributed by atoms with Crippen LogP contribution < -0.4 is 5.32 Å². The lowest BCUT2D eigenvalue weighted by Crippen LogP contribution is -2.69. The summed E-state index contributed by atoms with van der Waals surface area (Å²) in [6, 6.07) is -0.589. The van der Waals surface area contributed by atoms with E-state index in [9.17, 15) is 9.90 Å². The molecular weight excluding hydrogens is 262 g/mol. The summed E-state index contributed by atoms with van der Waals surface area (Å²) in [4.78, 5) is 11.2. The molecule has 2 fully saturated rings. The van der Waals surface area contributed by atoms with Crippen LogP contribution in [0.5, 0.6) is 0 Å². The summed E-state index contributed by atoms with van der Waals surface area (Å²) in [5.74, 6) is -0.226. The van der Waals surface area contributed by atoms with Crippen LogP contribution in [0.15, 0.2) is 12.7 Å². The molecule has 6 heteroatoms. The Hall–Kier alpha value is -0.950. The number of fused-ring (bicyclic) bond motifs is 1. The molecule has 0 aromatic carbocycles. The first kappa shape index (κ1) is 15.4. The van der Waals surface area contributed by atoms with E-state index in [2.05, 4.69) is 11.9 Å². The summed E-state index contributed by atoms with van der Waals surface area (Å²) in [6.45, 7) is 6.06. The van der Waals surface area contributed by atoms with Gasteiger partial charge in [-0.3, -0.25) is 4.79 Å². The van der Waals surface area contributed by atoms with E-state index in [-0.39, 0.29) is 18.1 Å². The fraction of sp³-hybridized carbons (Fsp3) is 0.786. The molecule has 0 aromatic heterocycles. The number of rotatable bonds is 7. The van der Waals surface area contributed by atoms with Crippen molar-refractivity contribution in [3.05, 3.63) is 12.7 Å².